The molecule has 0 aliphatic carbocycles. The Morgan fingerprint density at radius 1 is 0.741 bits per heavy atom. The molecule has 1 N–H and O–H groups in total. The Morgan fingerprint density at radius 3 is 1.56 bits per heavy atom. The van der Waals surface area contributed by atoms with Crippen molar-refractivity contribution in [3.05, 3.63) is 45.5 Å². The number of hydrogen-bond acceptors (Lipinski definition) is 2. The molecule has 0 heterocycles. The van der Waals surface area contributed by atoms with Crippen LogP contribution in [0.4, 0.5) is 0 Å². The molecule has 0 spiro atoms. The van der Waals surface area contributed by atoms with E-state index < -0.39 is 0 Å². The number of aryl methyl sites for hydroxylation is 2. The molecule has 2 rings (SSSR count). The molecule has 0 fully saturated rings. The van der Waals surface area contributed by atoms with Gasteiger partial charge in [0.25, 0.3) is 0 Å². The Morgan fingerprint density at radius 2 is 1.15 bits per heavy atom. The van der Waals surface area contributed by atoms with Crippen molar-refractivity contribution in [3.8, 4) is 22.6 Å². The van der Waals surface area contributed by atoms with Crippen molar-refractivity contribution in [1.29, 1.82) is 0 Å². The second-order valence-electron chi connectivity index (χ2n) is 9.78. The van der Waals surface area contributed by atoms with Gasteiger partial charge in [-0.05, 0) is 60.8 Å². The van der Waals surface area contributed by atoms with E-state index >= 15 is 0 Å². The zero-order valence-corrected chi connectivity index (χ0v) is 19.7. The van der Waals surface area contributed by atoms with Crippen molar-refractivity contribution in [2.24, 2.45) is 0 Å². The number of hydrogen-bond donors (Lipinski definition) is 1. The summed E-state index contributed by atoms with van der Waals surface area (Å²) >= 11 is 0. The number of aromatic hydroxyl groups is 1. The van der Waals surface area contributed by atoms with Crippen molar-refractivity contribution in [1.82, 2.24) is 0 Å². The maximum absolute atomic E-state index is 11.3. The van der Waals surface area contributed by atoms with Crippen LogP contribution >= 0.6 is 9.47 Å². The molecule has 2 nitrogen and oxygen atoms in total. The minimum absolute atomic E-state index is 0.0701. The zero-order valence-electron chi connectivity index (χ0n) is 18.6. The van der Waals surface area contributed by atoms with Gasteiger partial charge in [-0.15, -0.1) is 0 Å². The van der Waals surface area contributed by atoms with Crippen LogP contribution in [0.3, 0.4) is 0 Å². The zero-order chi connectivity index (χ0) is 20.9. The number of benzene rings is 2. The van der Waals surface area contributed by atoms with Crippen molar-refractivity contribution in [2.75, 3.05) is 0 Å². The van der Waals surface area contributed by atoms with Gasteiger partial charge in [0.2, 0.25) is 0 Å². The summed E-state index contributed by atoms with van der Waals surface area (Å²) in [4.78, 5) is 0. The summed E-state index contributed by atoms with van der Waals surface area (Å²) < 4.78 is 5.87. The van der Waals surface area contributed by atoms with E-state index in [1.54, 1.807) is 0 Å². The highest BCUT2D eigenvalue weighted by Gasteiger charge is 2.29. The van der Waals surface area contributed by atoms with Crippen LogP contribution in [-0.2, 0) is 10.8 Å². The molecular formula is C24H35O2P. The Hall–Kier alpha value is -1.53. The van der Waals surface area contributed by atoms with E-state index in [1.807, 2.05) is 0 Å². The fourth-order valence-electron chi connectivity index (χ4n) is 3.65. The van der Waals surface area contributed by atoms with Gasteiger partial charge >= 0.3 is 0 Å². The first kappa shape index (κ1) is 21.8. The molecule has 1 unspecified atom stereocenters. The number of phenolic OH excluding ortho intramolecular Hbond substituents is 1. The fraction of sp³-hybridized carbons (Fsp3) is 0.500. The second kappa shape index (κ2) is 7.13. The average molecular weight is 387 g/mol. The molecule has 0 aromatic heterocycles. The van der Waals surface area contributed by atoms with Crippen LogP contribution in [0, 0.1) is 27.7 Å². The van der Waals surface area contributed by atoms with Gasteiger partial charge in [0, 0.05) is 22.3 Å². The van der Waals surface area contributed by atoms with Gasteiger partial charge < -0.3 is 9.63 Å². The minimum atomic E-state index is -0.149. The molecule has 2 aromatic rings. The highest BCUT2D eigenvalue weighted by molar-refractivity contribution is 7.10. The summed E-state index contributed by atoms with van der Waals surface area (Å²) in [6, 6.07) is 4.33. The lowest BCUT2D eigenvalue weighted by molar-refractivity contribution is 0.447. The van der Waals surface area contributed by atoms with E-state index in [0.717, 1.165) is 39.1 Å². The van der Waals surface area contributed by atoms with Crippen LogP contribution < -0.4 is 4.52 Å². The first-order chi connectivity index (χ1) is 12.2. The van der Waals surface area contributed by atoms with Gasteiger partial charge in [-0.3, -0.25) is 0 Å². The molecule has 0 amide bonds. The van der Waals surface area contributed by atoms with Crippen LogP contribution in [0.1, 0.15) is 74.9 Å². The van der Waals surface area contributed by atoms with Crippen LogP contribution in [0.5, 0.6) is 11.5 Å². The van der Waals surface area contributed by atoms with Crippen molar-refractivity contribution in [2.45, 2.75) is 80.1 Å². The summed E-state index contributed by atoms with van der Waals surface area (Å²) in [5.74, 6) is 1.20. The molecule has 2 aromatic carbocycles. The summed E-state index contributed by atoms with van der Waals surface area (Å²) in [6.07, 6.45) is 0. The van der Waals surface area contributed by atoms with Crippen molar-refractivity contribution >= 4 is 9.47 Å². The largest absolute Gasteiger partial charge is 0.507 e. The Labute approximate surface area is 167 Å². The Bertz CT molecular complexity index is 881. The number of phenols is 1. The average Bonchev–Trinajstić information content (AvgIpc) is 2.52. The SMILES string of the molecule is Cc1cc(C(C)(C)C)c(O)c(-c2c(C)c(C)cc(C(C)(C)C)c2OP)c1C. The predicted octanol–water partition coefficient (Wildman–Crippen LogP) is 7.06. The fourth-order valence-corrected chi connectivity index (χ4v) is 3.90. The molecule has 3 heteroatoms. The summed E-state index contributed by atoms with van der Waals surface area (Å²) in [7, 11) is 2.41. The number of rotatable bonds is 2. The topological polar surface area (TPSA) is 29.5 Å². The van der Waals surface area contributed by atoms with Gasteiger partial charge in [0.05, 0.1) is 9.47 Å². The lowest BCUT2D eigenvalue weighted by atomic mass is 9.78. The van der Waals surface area contributed by atoms with Gasteiger partial charge in [0.1, 0.15) is 11.5 Å². The predicted molar refractivity (Wildman–Crippen MR) is 120 cm³/mol. The minimum Gasteiger partial charge on any atom is -0.507 e. The molecule has 0 aliphatic heterocycles. The molecule has 148 valence electrons. The summed E-state index contributed by atoms with van der Waals surface area (Å²) in [6.45, 7) is 21.4. The monoisotopic (exact) mass is 386 g/mol. The first-order valence-electron chi connectivity index (χ1n) is 9.57. The molecule has 0 saturated heterocycles. The highest BCUT2D eigenvalue weighted by atomic mass is 31.0. The van der Waals surface area contributed by atoms with Crippen molar-refractivity contribution in [3.63, 3.8) is 0 Å². The van der Waals surface area contributed by atoms with Crippen molar-refractivity contribution < 1.29 is 9.63 Å². The standard InChI is InChI=1S/C24H35O2P/c1-13-11-17(23(5,6)7)21(25)19(15(13)3)20-16(4)14(2)12-18(22(20)26-27)24(8,9)10/h11-12,25H,27H2,1-10H3. The van der Waals surface area contributed by atoms with Crippen LogP contribution in [-0.4, -0.2) is 5.11 Å². The van der Waals surface area contributed by atoms with E-state index in [-0.39, 0.29) is 10.8 Å². The summed E-state index contributed by atoms with van der Waals surface area (Å²) in [5, 5.41) is 11.3. The normalized spacial score (nSPS) is 12.4. The lowest BCUT2D eigenvalue weighted by Gasteiger charge is -2.29. The smallest absolute Gasteiger partial charge is 0.134 e. The third-order valence-corrected chi connectivity index (χ3v) is 5.84. The van der Waals surface area contributed by atoms with Gasteiger partial charge in [0.15, 0.2) is 0 Å². The van der Waals surface area contributed by atoms with Gasteiger partial charge in [-0.1, -0.05) is 53.7 Å². The molecule has 0 saturated carbocycles. The molecular weight excluding hydrogens is 351 g/mol. The molecule has 1 atom stereocenters. The maximum Gasteiger partial charge on any atom is 0.134 e. The molecule has 0 radical (unpaired) electrons. The first-order valence-corrected chi connectivity index (χ1v) is 10.0. The second-order valence-corrected chi connectivity index (χ2v) is 10.0. The van der Waals surface area contributed by atoms with E-state index in [1.165, 1.54) is 11.1 Å². The van der Waals surface area contributed by atoms with E-state index in [9.17, 15) is 5.11 Å². The van der Waals surface area contributed by atoms with E-state index in [2.05, 4.69) is 90.8 Å². The van der Waals surface area contributed by atoms with Gasteiger partial charge in [-0.2, -0.15) is 0 Å². The van der Waals surface area contributed by atoms with E-state index in [0.29, 0.717) is 5.75 Å². The quantitative estimate of drug-likeness (QED) is 0.560. The molecule has 0 aliphatic rings. The Kier molecular flexibility index (Phi) is 5.75. The molecule has 0 bridgehead atoms. The Balaban J connectivity index is 3.07. The van der Waals surface area contributed by atoms with E-state index in [4.69, 9.17) is 4.52 Å². The third kappa shape index (κ3) is 3.87. The molecule has 27 heavy (non-hydrogen) atoms. The lowest BCUT2D eigenvalue weighted by Crippen LogP contribution is -2.15. The van der Waals surface area contributed by atoms with Gasteiger partial charge in [-0.25, -0.2) is 0 Å². The maximum atomic E-state index is 11.3. The highest BCUT2D eigenvalue weighted by Crippen LogP contribution is 2.50. The van der Waals surface area contributed by atoms with Crippen LogP contribution in [0.25, 0.3) is 11.1 Å². The van der Waals surface area contributed by atoms with Crippen LogP contribution in [0.15, 0.2) is 12.1 Å². The summed E-state index contributed by atoms with van der Waals surface area (Å²) in [5.41, 5.74) is 8.41. The third-order valence-electron chi connectivity index (χ3n) is 5.60. The van der Waals surface area contributed by atoms with Crippen LogP contribution in [0.2, 0.25) is 0 Å².